The zero-order valence-electron chi connectivity index (χ0n) is 19.4. The third-order valence-electron chi connectivity index (χ3n) is 11.2. The minimum Gasteiger partial charge on any atom is -0.349 e. The second-order valence-electron chi connectivity index (χ2n) is 12.5. The van der Waals surface area contributed by atoms with Gasteiger partial charge in [0, 0.05) is 18.8 Å². The van der Waals surface area contributed by atoms with Crippen LogP contribution in [0.3, 0.4) is 0 Å². The Morgan fingerprint density at radius 1 is 1.00 bits per heavy atom. The first kappa shape index (κ1) is 20.0. The van der Waals surface area contributed by atoms with E-state index in [0.717, 1.165) is 50.0 Å². The maximum absolute atomic E-state index is 12.1. The van der Waals surface area contributed by atoms with Crippen molar-refractivity contribution in [3.8, 4) is 0 Å². The molecule has 5 fully saturated rings. The predicted molar refractivity (Wildman–Crippen MR) is 117 cm³/mol. The third kappa shape index (κ3) is 2.48. The van der Waals surface area contributed by atoms with Crippen LogP contribution in [0, 0.1) is 46.3 Å². The van der Waals surface area contributed by atoms with Gasteiger partial charge in [0.25, 0.3) is 0 Å². The van der Waals surface area contributed by atoms with E-state index in [1.165, 1.54) is 37.7 Å². The van der Waals surface area contributed by atoms with Crippen LogP contribution < -0.4 is 0 Å². The van der Waals surface area contributed by atoms with E-state index < -0.39 is 0 Å². The van der Waals surface area contributed by atoms with Crippen LogP contribution in [0.25, 0.3) is 0 Å². The lowest BCUT2D eigenvalue weighted by Crippen LogP contribution is -2.52. The van der Waals surface area contributed by atoms with Crippen molar-refractivity contribution >= 4 is 5.78 Å². The summed E-state index contributed by atoms with van der Waals surface area (Å²) in [6, 6.07) is 0. The van der Waals surface area contributed by atoms with Crippen molar-refractivity contribution in [3.05, 3.63) is 11.6 Å². The number of allylic oxidation sites excluding steroid dienone is 1. The van der Waals surface area contributed by atoms with E-state index in [1.54, 1.807) is 0 Å². The van der Waals surface area contributed by atoms with Gasteiger partial charge in [-0.15, -0.1) is 0 Å². The molecule has 0 aromatic heterocycles. The second-order valence-corrected chi connectivity index (χ2v) is 12.5. The Morgan fingerprint density at radius 2 is 1.83 bits per heavy atom. The molecule has 0 N–H and O–H groups in total. The van der Waals surface area contributed by atoms with Gasteiger partial charge in [-0.2, -0.15) is 0 Å². The molecule has 4 aliphatic carbocycles. The lowest BCUT2D eigenvalue weighted by atomic mass is 9.46. The molecule has 6 aliphatic rings. The number of carbonyl (C=O) groups is 1. The Morgan fingerprint density at radius 3 is 2.60 bits per heavy atom. The van der Waals surface area contributed by atoms with E-state index in [0.29, 0.717) is 35.1 Å². The van der Waals surface area contributed by atoms with Gasteiger partial charge in [0.1, 0.15) is 0 Å². The third-order valence-corrected chi connectivity index (χ3v) is 11.2. The van der Waals surface area contributed by atoms with Crippen molar-refractivity contribution in [2.24, 2.45) is 46.3 Å². The normalized spacial score (nSPS) is 57.4. The summed E-state index contributed by atoms with van der Waals surface area (Å²) in [4.78, 5) is 12.1. The van der Waals surface area contributed by atoms with Crippen LogP contribution in [0.4, 0.5) is 0 Å². The molecule has 0 unspecified atom stereocenters. The van der Waals surface area contributed by atoms with Gasteiger partial charge >= 0.3 is 0 Å². The minimum absolute atomic E-state index is 0.270. The molecule has 0 aromatic rings. The van der Waals surface area contributed by atoms with Crippen LogP contribution in [0.5, 0.6) is 0 Å². The second kappa shape index (κ2) is 6.44. The topological polar surface area (TPSA) is 35.5 Å². The molecule has 6 rings (SSSR count). The summed E-state index contributed by atoms with van der Waals surface area (Å²) in [5, 5.41) is 0. The van der Waals surface area contributed by atoms with E-state index in [2.05, 4.69) is 27.7 Å². The number of hydrogen-bond donors (Lipinski definition) is 0. The highest BCUT2D eigenvalue weighted by Gasteiger charge is 2.68. The first-order chi connectivity index (χ1) is 14.3. The van der Waals surface area contributed by atoms with Crippen molar-refractivity contribution in [2.75, 3.05) is 6.61 Å². The highest BCUT2D eigenvalue weighted by Crippen LogP contribution is 2.70. The van der Waals surface area contributed by atoms with Crippen molar-refractivity contribution < 1.29 is 14.3 Å². The van der Waals surface area contributed by atoms with Gasteiger partial charge < -0.3 is 9.47 Å². The molecule has 3 saturated carbocycles. The number of fused-ring (bicyclic) bond motifs is 7. The van der Waals surface area contributed by atoms with E-state index in [-0.39, 0.29) is 11.2 Å². The highest BCUT2D eigenvalue weighted by molar-refractivity contribution is 5.91. The zero-order chi connectivity index (χ0) is 20.9. The Hall–Kier alpha value is -0.670. The molecule has 30 heavy (non-hydrogen) atoms. The lowest BCUT2D eigenvalue weighted by molar-refractivity contribution is -0.272. The molecule has 0 radical (unpaired) electrons. The van der Waals surface area contributed by atoms with Crippen LogP contribution in [-0.4, -0.2) is 24.3 Å². The van der Waals surface area contributed by atoms with Gasteiger partial charge in [-0.1, -0.05) is 33.3 Å². The van der Waals surface area contributed by atoms with Crippen LogP contribution in [0.1, 0.15) is 85.5 Å². The summed E-state index contributed by atoms with van der Waals surface area (Å²) in [6.07, 6.45) is 12.9. The summed E-state index contributed by atoms with van der Waals surface area (Å²) in [6.45, 7) is 10.7. The van der Waals surface area contributed by atoms with E-state index in [4.69, 9.17) is 9.47 Å². The van der Waals surface area contributed by atoms with Crippen molar-refractivity contribution in [2.45, 2.75) is 97.4 Å². The van der Waals surface area contributed by atoms with Crippen molar-refractivity contribution in [1.82, 2.24) is 0 Å². The SMILES string of the molecule is C[C@@H]1CC[C@@]2(OC1)O[C@H]1C[C@H]3[C@@H]4CCC5=CC(=O)CC[C@]5(C)[C@H]4CC[C@]3(C)[C@H]1[C@H]2C. The Labute approximate surface area is 182 Å². The van der Waals surface area contributed by atoms with Gasteiger partial charge in [-0.05, 0) is 91.4 Å². The molecule has 2 heterocycles. The standard InChI is InChI=1S/C27H40O3/c1-16-7-12-27(29-15-16)17(2)24-23(30-27)14-22-20-6-5-18-13-19(28)8-10-25(18,3)21(20)9-11-26(22,24)4/h13,16-17,20-24H,5-12,14-15H2,1-4H3/t16-,17-,20-,21+,22+,23+,24+,25+,26+,27-/m1/s1. The monoisotopic (exact) mass is 412 g/mol. The fourth-order valence-corrected chi connectivity index (χ4v) is 9.58. The van der Waals surface area contributed by atoms with Crippen LogP contribution in [-0.2, 0) is 14.3 Å². The number of ether oxygens (including phenoxy) is 2. The molecule has 10 atom stereocenters. The summed E-state index contributed by atoms with van der Waals surface area (Å²) >= 11 is 0. The largest absolute Gasteiger partial charge is 0.349 e. The summed E-state index contributed by atoms with van der Waals surface area (Å²) < 4.78 is 13.3. The molecule has 0 aromatic carbocycles. The number of ketones is 1. The van der Waals surface area contributed by atoms with Crippen molar-refractivity contribution in [3.63, 3.8) is 0 Å². The van der Waals surface area contributed by atoms with E-state index in [1.807, 2.05) is 6.08 Å². The summed E-state index contributed by atoms with van der Waals surface area (Å²) in [5.74, 6) is 4.24. The smallest absolute Gasteiger partial charge is 0.171 e. The number of carbonyl (C=O) groups excluding carboxylic acids is 1. The highest BCUT2D eigenvalue weighted by atomic mass is 16.7. The van der Waals surface area contributed by atoms with Crippen LogP contribution in [0.15, 0.2) is 11.6 Å². The van der Waals surface area contributed by atoms with Gasteiger partial charge in [-0.25, -0.2) is 0 Å². The fraction of sp³-hybridized carbons (Fsp3) is 0.889. The van der Waals surface area contributed by atoms with Crippen molar-refractivity contribution in [1.29, 1.82) is 0 Å². The molecule has 166 valence electrons. The quantitative estimate of drug-likeness (QED) is 0.495. The van der Waals surface area contributed by atoms with Gasteiger partial charge in [0.05, 0.1) is 12.7 Å². The molecule has 0 amide bonds. The van der Waals surface area contributed by atoms with Crippen LogP contribution >= 0.6 is 0 Å². The number of rotatable bonds is 0. The lowest BCUT2D eigenvalue weighted by Gasteiger charge is -2.58. The molecule has 3 nitrogen and oxygen atoms in total. The molecular weight excluding hydrogens is 372 g/mol. The van der Waals surface area contributed by atoms with Gasteiger partial charge in [0.2, 0.25) is 0 Å². The average molecular weight is 413 g/mol. The molecular formula is C27H40O3. The average Bonchev–Trinajstić information content (AvgIpc) is 3.16. The summed E-state index contributed by atoms with van der Waals surface area (Å²) in [7, 11) is 0. The number of hydrogen-bond acceptors (Lipinski definition) is 3. The predicted octanol–water partition coefficient (Wildman–Crippen LogP) is 5.92. The maximum Gasteiger partial charge on any atom is 0.171 e. The molecule has 2 saturated heterocycles. The Bertz CT molecular complexity index is 777. The molecule has 1 spiro atoms. The Balaban J connectivity index is 1.28. The molecule has 3 heteroatoms. The molecule has 0 bridgehead atoms. The molecule has 2 aliphatic heterocycles. The minimum atomic E-state index is -0.301. The van der Waals surface area contributed by atoms with E-state index >= 15 is 0 Å². The fourth-order valence-electron chi connectivity index (χ4n) is 9.58. The van der Waals surface area contributed by atoms with Crippen LogP contribution in [0.2, 0.25) is 0 Å². The maximum atomic E-state index is 12.1. The Kier molecular flexibility index (Phi) is 4.29. The summed E-state index contributed by atoms with van der Waals surface area (Å²) in [5.41, 5.74) is 2.14. The first-order valence-electron chi connectivity index (χ1n) is 12.8. The zero-order valence-corrected chi connectivity index (χ0v) is 19.4. The first-order valence-corrected chi connectivity index (χ1v) is 12.8. The van der Waals surface area contributed by atoms with Gasteiger partial charge in [0.15, 0.2) is 11.6 Å². The van der Waals surface area contributed by atoms with Gasteiger partial charge in [-0.3, -0.25) is 4.79 Å². The van der Waals surface area contributed by atoms with E-state index in [9.17, 15) is 4.79 Å².